The number of oxazole rings is 1. The molecule has 1 aliphatic carbocycles. The summed E-state index contributed by atoms with van der Waals surface area (Å²) in [6.45, 7) is 4.08. The van der Waals surface area contributed by atoms with Gasteiger partial charge in [-0.25, -0.2) is 4.79 Å². The van der Waals surface area contributed by atoms with Gasteiger partial charge >= 0.3 is 5.76 Å². The van der Waals surface area contributed by atoms with Crippen LogP contribution in [0, 0.1) is 11.8 Å². The fourth-order valence-electron chi connectivity index (χ4n) is 4.35. The van der Waals surface area contributed by atoms with Crippen LogP contribution < -0.4 is 5.76 Å². The van der Waals surface area contributed by atoms with Crippen LogP contribution in [0.15, 0.2) is 33.5 Å². The normalized spacial score (nSPS) is 26.2. The molecule has 4 heteroatoms. The molecule has 4 nitrogen and oxygen atoms in total. The minimum Gasteiger partial charge on any atom is -0.408 e. The van der Waals surface area contributed by atoms with E-state index in [0.29, 0.717) is 5.58 Å². The first-order valence-corrected chi connectivity index (χ1v) is 8.62. The van der Waals surface area contributed by atoms with Crippen molar-refractivity contribution in [3.8, 4) is 0 Å². The molecular weight excluding hydrogens is 276 g/mol. The topological polar surface area (TPSA) is 38.4 Å². The summed E-state index contributed by atoms with van der Waals surface area (Å²) in [5, 5.41) is 0. The zero-order valence-corrected chi connectivity index (χ0v) is 13.0. The molecule has 0 N–H and O–H groups in total. The Kier molecular flexibility index (Phi) is 3.78. The average molecular weight is 300 g/mol. The fourth-order valence-corrected chi connectivity index (χ4v) is 4.35. The molecule has 1 aromatic heterocycles. The molecule has 1 saturated heterocycles. The van der Waals surface area contributed by atoms with Crippen molar-refractivity contribution in [2.45, 2.75) is 38.6 Å². The molecule has 0 amide bonds. The highest BCUT2D eigenvalue weighted by Crippen LogP contribution is 2.35. The zero-order valence-electron chi connectivity index (χ0n) is 13.0. The van der Waals surface area contributed by atoms with Crippen molar-refractivity contribution in [1.82, 2.24) is 9.47 Å². The maximum Gasteiger partial charge on any atom is 0.419 e. The van der Waals surface area contributed by atoms with Gasteiger partial charge in [0.25, 0.3) is 0 Å². The van der Waals surface area contributed by atoms with E-state index in [2.05, 4.69) is 4.90 Å². The first-order chi connectivity index (χ1) is 10.8. The molecule has 1 aromatic carbocycles. The van der Waals surface area contributed by atoms with Gasteiger partial charge in [-0.15, -0.1) is 0 Å². The minimum absolute atomic E-state index is 0.228. The van der Waals surface area contributed by atoms with Gasteiger partial charge in [0.2, 0.25) is 0 Å². The monoisotopic (exact) mass is 300 g/mol. The number of fused-ring (bicyclic) bond motifs is 2. The van der Waals surface area contributed by atoms with Gasteiger partial charge in [0, 0.05) is 19.6 Å². The van der Waals surface area contributed by atoms with E-state index in [1.165, 1.54) is 45.2 Å². The Hall–Kier alpha value is -1.55. The molecule has 0 bridgehead atoms. The van der Waals surface area contributed by atoms with E-state index in [1.807, 2.05) is 24.3 Å². The van der Waals surface area contributed by atoms with Crippen LogP contribution >= 0.6 is 0 Å². The third kappa shape index (κ3) is 2.60. The average Bonchev–Trinajstić information content (AvgIpc) is 2.88. The van der Waals surface area contributed by atoms with Crippen molar-refractivity contribution in [1.29, 1.82) is 0 Å². The standard InChI is InChI=1S/C18H24N2O2/c21-18-20(16-7-3-4-8-17(16)22-18)12-11-19-10-9-14-5-1-2-6-15(14)13-19/h3-4,7-8,14-15H,1-2,5-6,9-13H2. The molecule has 1 saturated carbocycles. The maximum absolute atomic E-state index is 12.0. The van der Waals surface area contributed by atoms with Crippen LogP contribution in [-0.2, 0) is 6.54 Å². The summed E-state index contributed by atoms with van der Waals surface area (Å²) in [7, 11) is 0. The summed E-state index contributed by atoms with van der Waals surface area (Å²) in [5.74, 6) is 1.62. The zero-order chi connectivity index (χ0) is 14.9. The first-order valence-electron chi connectivity index (χ1n) is 8.62. The molecule has 0 spiro atoms. The Labute approximate surface area is 130 Å². The number of hydrogen-bond donors (Lipinski definition) is 0. The third-order valence-electron chi connectivity index (χ3n) is 5.59. The van der Waals surface area contributed by atoms with Crippen molar-refractivity contribution in [2.24, 2.45) is 11.8 Å². The summed E-state index contributed by atoms with van der Waals surface area (Å²) in [6.07, 6.45) is 7.00. The molecule has 0 radical (unpaired) electrons. The van der Waals surface area contributed by atoms with Crippen molar-refractivity contribution in [3.63, 3.8) is 0 Å². The highest BCUT2D eigenvalue weighted by molar-refractivity contribution is 5.72. The predicted octanol–water partition coefficient (Wildman–Crippen LogP) is 3.11. The van der Waals surface area contributed by atoms with Crippen LogP contribution in [0.4, 0.5) is 0 Å². The molecule has 2 aliphatic rings. The van der Waals surface area contributed by atoms with Crippen LogP contribution in [0.2, 0.25) is 0 Å². The van der Waals surface area contributed by atoms with Crippen LogP contribution in [0.3, 0.4) is 0 Å². The quantitative estimate of drug-likeness (QED) is 0.874. The van der Waals surface area contributed by atoms with E-state index in [1.54, 1.807) is 4.57 Å². The summed E-state index contributed by atoms with van der Waals surface area (Å²) in [6, 6.07) is 7.69. The molecule has 118 valence electrons. The van der Waals surface area contributed by atoms with E-state index in [4.69, 9.17) is 4.42 Å². The highest BCUT2D eigenvalue weighted by Gasteiger charge is 2.30. The number of likely N-dealkylation sites (tertiary alicyclic amines) is 1. The number of benzene rings is 1. The fraction of sp³-hybridized carbons (Fsp3) is 0.611. The van der Waals surface area contributed by atoms with Gasteiger partial charge in [0.1, 0.15) is 0 Å². The minimum atomic E-state index is -0.228. The number of rotatable bonds is 3. The van der Waals surface area contributed by atoms with Crippen molar-refractivity contribution < 1.29 is 4.42 Å². The van der Waals surface area contributed by atoms with Gasteiger partial charge in [-0.1, -0.05) is 31.4 Å². The summed E-state index contributed by atoms with van der Waals surface area (Å²) in [4.78, 5) is 14.6. The summed E-state index contributed by atoms with van der Waals surface area (Å²) in [5.41, 5.74) is 1.61. The Morgan fingerprint density at radius 3 is 2.77 bits per heavy atom. The lowest BCUT2D eigenvalue weighted by Crippen LogP contribution is -2.43. The van der Waals surface area contributed by atoms with E-state index in [9.17, 15) is 4.79 Å². The van der Waals surface area contributed by atoms with Crippen molar-refractivity contribution in [3.05, 3.63) is 34.8 Å². The van der Waals surface area contributed by atoms with Gasteiger partial charge in [-0.2, -0.15) is 0 Å². The number of piperidine rings is 1. The lowest BCUT2D eigenvalue weighted by molar-refractivity contribution is 0.0843. The smallest absolute Gasteiger partial charge is 0.408 e. The van der Waals surface area contributed by atoms with E-state index in [-0.39, 0.29) is 5.76 Å². The number of hydrogen-bond acceptors (Lipinski definition) is 3. The Morgan fingerprint density at radius 1 is 1.05 bits per heavy atom. The number of nitrogens with zero attached hydrogens (tertiary/aromatic N) is 2. The largest absolute Gasteiger partial charge is 0.419 e. The van der Waals surface area contributed by atoms with Crippen molar-refractivity contribution in [2.75, 3.05) is 19.6 Å². The summed E-state index contributed by atoms with van der Waals surface area (Å²) >= 11 is 0. The Balaban J connectivity index is 1.44. The van der Waals surface area contributed by atoms with Crippen LogP contribution in [0.1, 0.15) is 32.1 Å². The Bertz CT molecular complexity index is 702. The highest BCUT2D eigenvalue weighted by atomic mass is 16.4. The molecular formula is C18H24N2O2. The number of aromatic nitrogens is 1. The third-order valence-corrected chi connectivity index (χ3v) is 5.59. The Morgan fingerprint density at radius 2 is 1.86 bits per heavy atom. The van der Waals surface area contributed by atoms with Crippen LogP contribution in [0.5, 0.6) is 0 Å². The van der Waals surface area contributed by atoms with Crippen LogP contribution in [-0.4, -0.2) is 29.1 Å². The molecule has 2 fully saturated rings. The van der Waals surface area contributed by atoms with E-state index in [0.717, 1.165) is 30.4 Å². The molecule has 2 atom stereocenters. The lowest BCUT2D eigenvalue weighted by Gasteiger charge is -2.41. The van der Waals surface area contributed by atoms with Gasteiger partial charge < -0.3 is 9.32 Å². The van der Waals surface area contributed by atoms with E-state index >= 15 is 0 Å². The van der Waals surface area contributed by atoms with Gasteiger partial charge in [0.15, 0.2) is 5.58 Å². The van der Waals surface area contributed by atoms with Gasteiger partial charge in [-0.05, 0) is 43.4 Å². The molecule has 2 aromatic rings. The first kappa shape index (κ1) is 14.1. The molecule has 4 rings (SSSR count). The number of para-hydroxylation sites is 2. The molecule has 1 aliphatic heterocycles. The molecule has 22 heavy (non-hydrogen) atoms. The van der Waals surface area contributed by atoms with E-state index < -0.39 is 0 Å². The van der Waals surface area contributed by atoms with Gasteiger partial charge in [0.05, 0.1) is 5.52 Å². The summed E-state index contributed by atoms with van der Waals surface area (Å²) < 4.78 is 7.09. The second-order valence-corrected chi connectivity index (χ2v) is 6.88. The van der Waals surface area contributed by atoms with Crippen molar-refractivity contribution >= 4 is 11.1 Å². The second kappa shape index (κ2) is 5.92. The maximum atomic E-state index is 12.0. The molecule has 2 unspecified atom stereocenters. The second-order valence-electron chi connectivity index (χ2n) is 6.88. The lowest BCUT2D eigenvalue weighted by atomic mass is 9.75. The van der Waals surface area contributed by atoms with Gasteiger partial charge in [-0.3, -0.25) is 4.57 Å². The SMILES string of the molecule is O=c1oc2ccccc2n1CCN1CCC2CCCCC2C1. The predicted molar refractivity (Wildman–Crippen MR) is 87.0 cm³/mol. The van der Waals surface area contributed by atoms with Crippen LogP contribution in [0.25, 0.3) is 11.1 Å². The molecule has 2 heterocycles.